The minimum Gasteiger partial charge on any atom is -1.00 e. The van der Waals surface area contributed by atoms with Crippen LogP contribution in [-0.4, -0.2) is 38.2 Å². The van der Waals surface area contributed by atoms with Crippen LogP contribution in [0.4, 0.5) is 0 Å². The number of halogens is 2. The predicted octanol–water partition coefficient (Wildman–Crippen LogP) is -2.88. The monoisotopic (exact) mass is 597 g/mol. The Kier molecular flexibility index (Phi) is 21.1. The van der Waals surface area contributed by atoms with Crippen LogP contribution in [0.15, 0.2) is 17.0 Å². The van der Waals surface area contributed by atoms with Crippen molar-refractivity contribution in [2.45, 2.75) is 32.1 Å². The van der Waals surface area contributed by atoms with Gasteiger partial charge in [-0.05, 0) is 31.9 Å². The first-order valence-corrected chi connectivity index (χ1v) is 9.93. The van der Waals surface area contributed by atoms with Crippen LogP contribution in [0.2, 0.25) is 0 Å². The van der Waals surface area contributed by atoms with Gasteiger partial charge in [0.05, 0.1) is 4.90 Å². The number of nitrogens with one attached hydrogen (secondary N) is 1. The molecule has 1 aromatic rings. The van der Waals surface area contributed by atoms with Crippen LogP contribution in [0.5, 0.6) is 0 Å². The predicted molar refractivity (Wildman–Crippen MR) is 89.9 cm³/mol. The van der Waals surface area contributed by atoms with E-state index in [0.717, 1.165) is 16.7 Å². The summed E-state index contributed by atoms with van der Waals surface area (Å²) < 4.78 is 37.3. The second-order valence-corrected chi connectivity index (χ2v) is 8.00. The molecule has 0 aliphatic heterocycles. The van der Waals surface area contributed by atoms with Crippen LogP contribution in [0.25, 0.3) is 10.5 Å². The third kappa shape index (κ3) is 12.8. The molecule has 1 N–H and O–H groups in total. The number of aryl methyl sites for hydroxylation is 3. The number of rotatable bonds is 5. The molecule has 0 spiro atoms. The van der Waals surface area contributed by atoms with Crippen molar-refractivity contribution in [3.05, 3.63) is 39.3 Å². The van der Waals surface area contributed by atoms with Crippen LogP contribution in [-0.2, 0) is 41.9 Å². The zero-order valence-electron chi connectivity index (χ0n) is 14.3. The summed E-state index contributed by atoms with van der Waals surface area (Å²) in [5.74, 6) is 0. The molecule has 5 nitrogen and oxygen atoms in total. The number of sulfonamides is 1. The molecule has 24 heavy (non-hydrogen) atoms. The summed E-state index contributed by atoms with van der Waals surface area (Å²) in [6, 6.07) is 3.69. The Balaban J connectivity index is -0.000000258. The molecule has 0 atom stereocenters. The number of hydrogen-bond acceptors (Lipinski definition) is 3. The van der Waals surface area contributed by atoms with Gasteiger partial charge in [0.15, 0.2) is 0 Å². The Hall–Kier alpha value is 0.508. The molecule has 0 amide bonds. The molecule has 0 aliphatic carbocycles. The second kappa shape index (κ2) is 15.7. The van der Waals surface area contributed by atoms with E-state index in [-0.39, 0.29) is 59.0 Å². The van der Waals surface area contributed by atoms with E-state index < -0.39 is 20.8 Å². The van der Waals surface area contributed by atoms with Gasteiger partial charge in [0.2, 0.25) is 0 Å². The largest absolute Gasteiger partial charge is 4.00 e. The van der Waals surface area contributed by atoms with Gasteiger partial charge in [-0.15, -0.1) is 6.54 Å². The van der Waals surface area contributed by atoms with Crippen LogP contribution in [0.1, 0.15) is 23.1 Å². The van der Waals surface area contributed by atoms with Gasteiger partial charge in [0.1, 0.15) is 10.0 Å². The van der Waals surface area contributed by atoms with E-state index in [1.54, 1.807) is 26.4 Å². The maximum atomic E-state index is 12.0. The summed E-state index contributed by atoms with van der Waals surface area (Å²) in [7, 11) is -4.18. The van der Waals surface area contributed by atoms with Gasteiger partial charge in [0.25, 0.3) is 0 Å². The summed E-state index contributed by atoms with van der Waals surface area (Å²) in [6.07, 6.45) is 3.75. The third-order valence-corrected chi connectivity index (χ3v) is 4.14. The molecule has 0 saturated heterocycles. The molecule has 0 aromatic heterocycles. The van der Waals surface area contributed by atoms with Crippen molar-refractivity contribution < 1.29 is 58.5 Å². The molecule has 1 aromatic carbocycles. The van der Waals surface area contributed by atoms with Crippen molar-refractivity contribution in [1.82, 2.24) is 0 Å². The van der Waals surface area contributed by atoms with E-state index in [2.05, 4.69) is 4.72 Å². The van der Waals surface area contributed by atoms with E-state index in [0.29, 0.717) is 11.3 Å². The van der Waals surface area contributed by atoms with E-state index in [1.165, 1.54) is 0 Å². The summed E-state index contributed by atoms with van der Waals surface area (Å²) in [5.41, 5.74) is 9.49. The number of benzene rings is 1. The Morgan fingerprint density at radius 2 is 1.46 bits per heavy atom. The Morgan fingerprint density at radius 3 is 1.79 bits per heavy atom. The maximum absolute atomic E-state index is 12.0. The average Bonchev–Trinajstić information content (AvgIpc) is 2.25. The molecule has 0 aliphatic rings. The first kappa shape index (κ1) is 32.2. The molecule has 0 radical (unpaired) electrons. The van der Waals surface area contributed by atoms with E-state index in [9.17, 15) is 12.6 Å². The quantitative estimate of drug-likeness (QED) is 0.342. The normalized spacial score (nSPS) is 9.79. The van der Waals surface area contributed by atoms with Crippen LogP contribution in [0, 0.1) is 20.8 Å². The van der Waals surface area contributed by atoms with Crippen molar-refractivity contribution in [2.75, 3.05) is 25.6 Å². The first-order chi connectivity index (χ1) is 9.61. The molecule has 0 fully saturated rings. The summed E-state index contributed by atoms with van der Waals surface area (Å²) in [5, 5.41) is 0. The standard InChI is InChI=1S/C12H18N2O2S.C2H6OS.2ClH.Pt/c1-9-7-10(2)12(11(3)8-9)17(15,16)14-6-4-5-13;1-4(2)3;;;/h7-8,13H,4-6H2,1-3H3;1-2H3;2*1H;/q-2;;;;+4/p-2. The Labute approximate surface area is 175 Å². The third-order valence-electron chi connectivity index (χ3n) is 2.46. The second-order valence-electron chi connectivity index (χ2n) is 4.90. The fourth-order valence-electron chi connectivity index (χ4n) is 1.90. The Morgan fingerprint density at radius 1 is 1.08 bits per heavy atom. The van der Waals surface area contributed by atoms with Gasteiger partial charge in [-0.25, -0.2) is 8.42 Å². The van der Waals surface area contributed by atoms with Crippen LogP contribution in [0.3, 0.4) is 0 Å². The minimum absolute atomic E-state index is 0. The molecule has 0 saturated carbocycles. The van der Waals surface area contributed by atoms with E-state index in [4.69, 9.17) is 5.73 Å². The fraction of sp³-hybridized carbons (Fsp3) is 0.571. The molecule has 10 heteroatoms. The summed E-state index contributed by atoms with van der Waals surface area (Å²) >= 11 is 0. The smallest absolute Gasteiger partial charge is 1.00 e. The van der Waals surface area contributed by atoms with Crippen molar-refractivity contribution in [1.29, 1.82) is 0 Å². The zero-order valence-corrected chi connectivity index (χ0v) is 19.8. The summed E-state index contributed by atoms with van der Waals surface area (Å²) in [6.45, 7) is 5.90. The van der Waals surface area contributed by atoms with Gasteiger partial charge < -0.3 is 35.3 Å². The van der Waals surface area contributed by atoms with Gasteiger partial charge in [-0.2, -0.15) is 6.54 Å². The molecule has 0 bridgehead atoms. The van der Waals surface area contributed by atoms with Gasteiger partial charge in [-0.3, -0.25) is 4.21 Å². The van der Waals surface area contributed by atoms with Crippen molar-refractivity contribution >= 4 is 20.8 Å². The van der Waals surface area contributed by atoms with Crippen molar-refractivity contribution in [3.63, 3.8) is 0 Å². The van der Waals surface area contributed by atoms with Gasteiger partial charge in [-0.1, -0.05) is 24.1 Å². The minimum atomic E-state index is -3.57. The maximum Gasteiger partial charge on any atom is 4.00 e. The van der Waals surface area contributed by atoms with Gasteiger partial charge >= 0.3 is 21.1 Å². The molecule has 0 unspecified atom stereocenters. The van der Waals surface area contributed by atoms with E-state index in [1.807, 2.05) is 19.1 Å². The molecular weight excluding hydrogens is 574 g/mol. The molecule has 0 heterocycles. The number of nitrogens with zero attached hydrogens (tertiary/aromatic N) is 1. The van der Waals surface area contributed by atoms with E-state index >= 15 is 0 Å². The zero-order chi connectivity index (χ0) is 16.6. The summed E-state index contributed by atoms with van der Waals surface area (Å²) in [4.78, 5) is 0.313. The molecule has 144 valence electrons. The first-order valence-electron chi connectivity index (χ1n) is 6.53. The Bertz CT molecular complexity index is 573. The van der Waals surface area contributed by atoms with Crippen molar-refractivity contribution in [2.24, 2.45) is 0 Å². The average molecular weight is 598 g/mol. The van der Waals surface area contributed by atoms with Crippen molar-refractivity contribution in [3.8, 4) is 0 Å². The topological polar surface area (TPSA) is 89.1 Å². The van der Waals surface area contributed by atoms with Crippen LogP contribution >= 0.6 is 0 Å². The van der Waals surface area contributed by atoms with Crippen LogP contribution < -0.4 is 24.8 Å². The molecule has 1 rings (SSSR count). The molecular formula is C14H24Cl2N2O3PtS2. The SMILES string of the molecule is CS(C)=O.Cc1cc(C)c(S(=O)(=O)[N-]CCC[NH-])c(C)c1.[Cl-].[Cl-].[Pt+4]. The van der Waals surface area contributed by atoms with Gasteiger partial charge in [0, 0.05) is 23.3 Å². The number of hydrogen-bond donors (Lipinski definition) is 0. The fourth-order valence-corrected chi connectivity index (χ4v) is 3.33.